The Balaban J connectivity index is 0.00000256. The zero-order chi connectivity index (χ0) is 32.0. The van der Waals surface area contributed by atoms with E-state index in [1.807, 2.05) is 46.8 Å². The van der Waals surface area contributed by atoms with Gasteiger partial charge in [-0.1, -0.05) is 26.5 Å². The second kappa shape index (κ2) is 17.9. The Morgan fingerprint density at radius 2 is 1.45 bits per heavy atom. The first-order valence-electron chi connectivity index (χ1n) is 14.6. The first-order valence-corrected chi connectivity index (χ1v) is 14.6. The summed E-state index contributed by atoms with van der Waals surface area (Å²) in [6, 6.07) is 5.64. The van der Waals surface area contributed by atoms with Crippen molar-refractivity contribution < 1.29 is 184 Å². The van der Waals surface area contributed by atoms with Crippen molar-refractivity contribution in [3.8, 4) is 0 Å². The van der Waals surface area contributed by atoms with Crippen LogP contribution in [0.3, 0.4) is 0 Å². The minimum absolute atomic E-state index is 0. The third-order valence-electron chi connectivity index (χ3n) is 8.98. The van der Waals surface area contributed by atoms with Crippen LogP contribution in [0.1, 0.15) is 89.1 Å². The molecule has 2 aliphatic rings. The van der Waals surface area contributed by atoms with Crippen LogP contribution in [0.15, 0.2) is 30.9 Å². The van der Waals surface area contributed by atoms with E-state index in [4.69, 9.17) is 4.98 Å². The molecule has 3 aromatic rings. The molecule has 0 saturated carbocycles. The number of aromatic amines is 2. The average molecular weight is 711 g/mol. The molecule has 2 atom stereocenters. The van der Waals surface area contributed by atoms with Crippen LogP contribution in [-0.4, -0.2) is 37.8 Å². The van der Waals surface area contributed by atoms with Crippen molar-refractivity contribution in [1.82, 2.24) is 19.9 Å². The molecule has 3 aromatic heterocycles. The molecule has 13 heteroatoms. The van der Waals surface area contributed by atoms with Crippen molar-refractivity contribution >= 4 is 51.1 Å². The van der Waals surface area contributed by atoms with E-state index in [0.29, 0.717) is 12.1 Å². The number of rotatable bonds is 8. The second-order valence-electron chi connectivity index (χ2n) is 11.4. The first kappa shape index (κ1) is 43.1. The fraction of sp³-hybridized carbons (Fsp3) is 0.324. The molecular weight excluding hydrogens is 678 g/mol. The molecule has 0 unspecified atom stereocenters. The molecule has 5 heterocycles. The summed E-state index contributed by atoms with van der Waals surface area (Å²) in [5.74, 6) is -5.17. The zero-order valence-electron chi connectivity index (χ0n) is 28.3. The van der Waals surface area contributed by atoms with Crippen LogP contribution < -0.4 is 169 Å². The van der Waals surface area contributed by atoms with E-state index in [0.717, 1.165) is 44.3 Å². The largest absolute Gasteiger partial charge is 1.00 e. The van der Waals surface area contributed by atoms with Gasteiger partial charge in [-0.2, -0.15) is 0 Å². The summed E-state index contributed by atoms with van der Waals surface area (Å²) in [6.45, 7) is 13.7. The Morgan fingerprint density at radius 3 is 2.00 bits per heavy atom. The van der Waals surface area contributed by atoms with Gasteiger partial charge < -0.3 is 39.7 Å². The van der Waals surface area contributed by atoms with Crippen LogP contribution in [0.5, 0.6) is 0 Å². The van der Waals surface area contributed by atoms with Gasteiger partial charge >= 0.3 is 154 Å². The topological polar surface area (TPSA) is 178 Å². The van der Waals surface area contributed by atoms with Crippen LogP contribution in [0.2, 0.25) is 0 Å². The number of fused-ring (bicyclic) bond motifs is 8. The molecule has 2 aliphatic heterocycles. The number of carboxylic acids is 3. The summed E-state index contributed by atoms with van der Waals surface area (Å²) in [7, 11) is 0. The standard InChI is InChI=1S/C34H36N4O6.3K/c1-7-19-17(5)25-12-23-15(3)16(4)24(35-23)13-26-18(6)21(9-10-29(39)40)32(37-26)22(11-30(41)42)33-31(34(43)44)20(8-2)28(38-33)14-27(19)36-25;;;/h8,12-14,18,21,35-36H,2,7,9-11H2,1,3-6H3,(H,39,40)(H,41,42)(H,43,44);;;/q;3*+1/p-3/t18-,21-;;;/m0.../s1. The summed E-state index contributed by atoms with van der Waals surface area (Å²) in [6.07, 6.45) is 1.14. The predicted molar refractivity (Wildman–Crippen MR) is 161 cm³/mol. The summed E-state index contributed by atoms with van der Waals surface area (Å²) in [5, 5.41) is 36.3. The third kappa shape index (κ3) is 8.70. The minimum Gasteiger partial charge on any atom is -0.550 e. The molecule has 10 nitrogen and oxygen atoms in total. The van der Waals surface area contributed by atoms with E-state index in [-0.39, 0.29) is 207 Å². The number of hydrogen-bond acceptors (Lipinski definition) is 8. The van der Waals surface area contributed by atoms with Crippen molar-refractivity contribution in [3.63, 3.8) is 0 Å². The maximum atomic E-state index is 12.6. The van der Waals surface area contributed by atoms with Gasteiger partial charge in [0, 0.05) is 74.7 Å². The number of aromatic nitrogens is 4. The van der Waals surface area contributed by atoms with Crippen LogP contribution in [0.4, 0.5) is 0 Å². The van der Waals surface area contributed by atoms with Gasteiger partial charge in [0.15, 0.2) is 0 Å². The van der Waals surface area contributed by atoms with E-state index >= 15 is 0 Å². The van der Waals surface area contributed by atoms with Gasteiger partial charge in [-0.05, 0) is 80.5 Å². The molecular formula is C34H33K3N4O6. The van der Waals surface area contributed by atoms with Crippen LogP contribution in [0, 0.1) is 20.8 Å². The maximum absolute atomic E-state index is 12.6. The first-order chi connectivity index (χ1) is 20.9. The van der Waals surface area contributed by atoms with E-state index < -0.39 is 30.2 Å². The molecule has 0 spiro atoms. The van der Waals surface area contributed by atoms with E-state index in [1.165, 1.54) is 6.08 Å². The number of hydrogen-bond donors (Lipinski definition) is 2. The number of allylic oxidation sites excluding steroid dienone is 2. The van der Waals surface area contributed by atoms with E-state index in [9.17, 15) is 29.7 Å². The SMILES string of the molecule is C=CC1=C(C(=O)[O-])c2nc1cc1[nH]c(cc3[nH]c(cc4nc(c2CC(=O)[O-])[C@@H](CCC(=O)[O-])[C@@H]4C)c(C)c3C)c(C)c1CC.[K+].[K+].[K+]. The zero-order valence-corrected chi connectivity index (χ0v) is 37.7. The van der Waals surface area contributed by atoms with E-state index in [1.54, 1.807) is 6.07 Å². The molecule has 0 amide bonds. The van der Waals surface area contributed by atoms with Gasteiger partial charge in [0.25, 0.3) is 0 Å². The van der Waals surface area contributed by atoms with Crippen molar-refractivity contribution in [2.24, 2.45) is 0 Å². The van der Waals surface area contributed by atoms with Crippen molar-refractivity contribution in [2.45, 2.75) is 72.1 Å². The van der Waals surface area contributed by atoms with Gasteiger partial charge in [-0.25, -0.2) is 4.98 Å². The molecule has 2 N–H and O–H groups in total. The molecule has 0 radical (unpaired) electrons. The van der Waals surface area contributed by atoms with Gasteiger partial charge in [0.1, 0.15) is 0 Å². The molecule has 47 heavy (non-hydrogen) atoms. The number of carboxylic acid groups (broad SMARTS) is 3. The molecule has 0 saturated heterocycles. The van der Waals surface area contributed by atoms with Gasteiger partial charge in [0.2, 0.25) is 0 Å². The van der Waals surface area contributed by atoms with Gasteiger partial charge in [-0.15, -0.1) is 0 Å². The van der Waals surface area contributed by atoms with Crippen LogP contribution in [-0.2, 0) is 27.2 Å². The van der Waals surface area contributed by atoms with Crippen molar-refractivity contribution in [2.75, 3.05) is 0 Å². The summed E-state index contributed by atoms with van der Waals surface area (Å²) < 4.78 is 0. The normalized spacial score (nSPS) is 15.3. The summed E-state index contributed by atoms with van der Waals surface area (Å²) in [5.41, 5.74) is 8.26. The molecule has 5 rings (SSSR count). The van der Waals surface area contributed by atoms with Crippen LogP contribution in [0.25, 0.3) is 33.2 Å². The number of aryl methyl sites for hydroxylation is 4. The van der Waals surface area contributed by atoms with Crippen molar-refractivity contribution in [3.05, 3.63) is 81.4 Å². The van der Waals surface area contributed by atoms with Gasteiger partial charge in [0.05, 0.1) is 23.1 Å². The Morgan fingerprint density at radius 1 is 0.851 bits per heavy atom. The molecule has 8 bridgehead atoms. The predicted octanol–water partition coefficient (Wildman–Crippen LogP) is -6.63. The smallest absolute Gasteiger partial charge is 0.550 e. The maximum Gasteiger partial charge on any atom is 1.00 e. The number of carbonyl (C=O) groups excluding carboxylic acids is 3. The summed E-state index contributed by atoms with van der Waals surface area (Å²) >= 11 is 0. The fourth-order valence-corrected chi connectivity index (χ4v) is 6.41. The third-order valence-corrected chi connectivity index (χ3v) is 8.98. The second-order valence-corrected chi connectivity index (χ2v) is 11.4. The van der Waals surface area contributed by atoms with Gasteiger partial charge in [-0.3, -0.25) is 4.98 Å². The minimum atomic E-state index is -1.55. The Kier molecular flexibility index (Phi) is 16.4. The molecule has 0 fully saturated rings. The summed E-state index contributed by atoms with van der Waals surface area (Å²) in [4.78, 5) is 52.8. The van der Waals surface area contributed by atoms with Crippen molar-refractivity contribution in [1.29, 1.82) is 0 Å². The molecule has 228 valence electrons. The quantitative estimate of drug-likeness (QED) is 0.217. The number of nitrogens with zero attached hydrogens (tertiary/aromatic N) is 2. The Bertz CT molecular complexity index is 1960. The number of aliphatic carboxylic acids is 3. The van der Waals surface area contributed by atoms with Crippen LogP contribution >= 0.6 is 0 Å². The monoisotopic (exact) mass is 710 g/mol. The average Bonchev–Trinajstić information content (AvgIpc) is 3.65. The number of nitrogens with one attached hydrogen (secondary N) is 2. The van der Waals surface area contributed by atoms with E-state index in [2.05, 4.69) is 21.5 Å². The Hall–Kier alpha value is -0.0809. The number of carbonyl (C=O) groups is 3. The number of H-pyrrole nitrogens is 2. The fourth-order valence-electron chi connectivity index (χ4n) is 6.41. The molecule has 0 aliphatic carbocycles. The Labute approximate surface area is 401 Å². The molecule has 0 aromatic carbocycles.